The molecular weight excluding hydrogens is 498 g/mol. The highest BCUT2D eigenvalue weighted by Crippen LogP contribution is 2.34. The van der Waals surface area contributed by atoms with Crippen LogP contribution in [0.4, 0.5) is 5.69 Å². The molecule has 1 amide bonds. The number of nitrogens with one attached hydrogen (secondary N) is 2. The monoisotopic (exact) mass is 517 g/mol. The number of aromatic nitrogens is 1. The van der Waals surface area contributed by atoms with Crippen LogP contribution in [-0.2, 0) is 0 Å². The number of benzene rings is 3. The van der Waals surface area contributed by atoms with Gasteiger partial charge in [-0.3, -0.25) is 10.1 Å². The number of aryl methyl sites for hydroxylation is 2. The molecule has 0 aliphatic rings. The lowest BCUT2D eigenvalue weighted by molar-refractivity contribution is 0.0951. The van der Waals surface area contributed by atoms with Gasteiger partial charge in [-0.25, -0.2) is 4.98 Å². The maximum absolute atomic E-state index is 12.6. The zero-order chi connectivity index (χ0) is 25.4. The zero-order valence-electron chi connectivity index (χ0n) is 19.3. The largest absolute Gasteiger partial charge is 0.507 e. The highest BCUT2D eigenvalue weighted by molar-refractivity contribution is 7.80. The van der Waals surface area contributed by atoms with Crippen LogP contribution < -0.4 is 10.6 Å². The van der Waals surface area contributed by atoms with Gasteiger partial charge in [0.25, 0.3) is 5.91 Å². The minimum atomic E-state index is -0.515. The number of rotatable bonds is 4. The predicted octanol–water partition coefficient (Wildman–Crippen LogP) is 6.86. The molecule has 0 saturated carbocycles. The number of carbonyl (C=O) groups excluding carboxylic acids is 1. The van der Waals surface area contributed by atoms with Crippen LogP contribution in [0.2, 0.25) is 5.02 Å². The molecule has 0 saturated heterocycles. The summed E-state index contributed by atoms with van der Waals surface area (Å²) in [7, 11) is 0. The molecule has 180 valence electrons. The first-order valence-corrected chi connectivity index (χ1v) is 11.7. The molecule has 0 aliphatic heterocycles. The van der Waals surface area contributed by atoms with Crippen molar-refractivity contribution < 1.29 is 18.7 Å². The number of aromatic hydroxyl groups is 1. The number of carbonyl (C=O) groups is 1. The smallest absolute Gasteiger partial charge is 0.293 e. The van der Waals surface area contributed by atoms with E-state index in [0.29, 0.717) is 33.5 Å². The fourth-order valence-electron chi connectivity index (χ4n) is 3.87. The molecule has 0 atom stereocenters. The van der Waals surface area contributed by atoms with Crippen LogP contribution in [0.15, 0.2) is 75.6 Å². The van der Waals surface area contributed by atoms with Crippen LogP contribution in [0.5, 0.6) is 5.75 Å². The maximum atomic E-state index is 12.6. The Kier molecular flexibility index (Phi) is 6.22. The van der Waals surface area contributed by atoms with Gasteiger partial charge in [-0.2, -0.15) is 0 Å². The first-order chi connectivity index (χ1) is 17.3. The van der Waals surface area contributed by atoms with Crippen molar-refractivity contribution in [2.24, 2.45) is 0 Å². The second-order valence-corrected chi connectivity index (χ2v) is 9.11. The van der Waals surface area contributed by atoms with Gasteiger partial charge in [0.2, 0.25) is 5.89 Å². The van der Waals surface area contributed by atoms with Crippen molar-refractivity contribution in [1.82, 2.24) is 10.3 Å². The van der Waals surface area contributed by atoms with Gasteiger partial charge in [0.1, 0.15) is 17.0 Å². The number of oxazole rings is 1. The molecule has 0 aliphatic carbocycles. The van der Waals surface area contributed by atoms with Crippen molar-refractivity contribution in [1.29, 1.82) is 0 Å². The quantitative estimate of drug-likeness (QED) is 0.224. The molecule has 0 radical (unpaired) electrons. The fourth-order valence-corrected chi connectivity index (χ4v) is 4.27. The molecular formula is C27H20ClN3O4S. The molecule has 0 spiro atoms. The first kappa shape index (κ1) is 23.6. The van der Waals surface area contributed by atoms with Gasteiger partial charge < -0.3 is 19.3 Å². The molecule has 0 fully saturated rings. The highest BCUT2D eigenvalue weighted by atomic mass is 35.5. The summed E-state index contributed by atoms with van der Waals surface area (Å²) in [6.07, 6.45) is 0. The lowest BCUT2D eigenvalue weighted by Crippen LogP contribution is -2.33. The lowest BCUT2D eigenvalue weighted by atomic mass is 10.1. The molecule has 3 aromatic carbocycles. The number of anilines is 1. The number of hydrogen-bond acceptors (Lipinski definition) is 6. The third kappa shape index (κ3) is 4.82. The number of halogens is 1. The summed E-state index contributed by atoms with van der Waals surface area (Å²) in [5.74, 6) is 0.346. The van der Waals surface area contributed by atoms with Gasteiger partial charge in [0.15, 0.2) is 16.5 Å². The van der Waals surface area contributed by atoms with Gasteiger partial charge >= 0.3 is 0 Å². The summed E-state index contributed by atoms with van der Waals surface area (Å²) in [6.45, 7) is 3.94. The number of fused-ring (bicyclic) bond motifs is 1. The summed E-state index contributed by atoms with van der Waals surface area (Å²) in [4.78, 5) is 17.1. The van der Waals surface area contributed by atoms with Crippen LogP contribution in [0.1, 0.15) is 21.7 Å². The number of hydrogen-bond donors (Lipinski definition) is 3. The van der Waals surface area contributed by atoms with Gasteiger partial charge in [-0.15, -0.1) is 0 Å². The molecule has 3 N–H and O–H groups in total. The van der Waals surface area contributed by atoms with Gasteiger partial charge in [0, 0.05) is 22.3 Å². The Morgan fingerprint density at radius 1 is 1.03 bits per heavy atom. The van der Waals surface area contributed by atoms with Crippen LogP contribution in [-0.4, -0.2) is 21.1 Å². The standard InChI is InChI=1S/C27H20ClN3O4S/c1-14-10-15(2)24-20(11-14)30-26(35-24)19-7-6-18(13-21(19)32)29-27(36)31-25(33)23-9-8-22(34-23)16-4-3-5-17(28)12-16/h3-13,32H,1-2H3,(H2,29,31,33,36). The average molecular weight is 518 g/mol. The number of amides is 1. The molecule has 7 nitrogen and oxygen atoms in total. The number of thiocarbonyl (C=S) groups is 1. The van der Waals surface area contributed by atoms with Crippen molar-refractivity contribution >= 4 is 51.6 Å². The summed E-state index contributed by atoms with van der Waals surface area (Å²) in [6, 6.07) is 19.2. The topological polar surface area (TPSA) is 101 Å². The molecule has 2 aromatic heterocycles. The average Bonchev–Trinajstić information content (AvgIpc) is 3.47. The third-order valence-corrected chi connectivity index (χ3v) is 5.91. The molecule has 5 rings (SSSR count). The second-order valence-electron chi connectivity index (χ2n) is 8.26. The third-order valence-electron chi connectivity index (χ3n) is 5.47. The van der Waals surface area contributed by atoms with E-state index in [1.165, 1.54) is 6.07 Å². The molecule has 36 heavy (non-hydrogen) atoms. The normalized spacial score (nSPS) is 11.0. The molecule has 0 unspecified atom stereocenters. The van der Waals surface area contributed by atoms with Crippen LogP contribution >= 0.6 is 23.8 Å². The first-order valence-electron chi connectivity index (χ1n) is 11.0. The van der Waals surface area contributed by atoms with Crippen molar-refractivity contribution in [3.8, 4) is 28.5 Å². The van der Waals surface area contributed by atoms with E-state index in [9.17, 15) is 9.90 Å². The SMILES string of the molecule is Cc1cc(C)c2oc(-c3ccc(NC(=S)NC(=O)c4ccc(-c5cccc(Cl)c5)o4)cc3O)nc2c1. The number of nitrogens with zero attached hydrogens (tertiary/aromatic N) is 1. The lowest BCUT2D eigenvalue weighted by Gasteiger charge is -2.10. The molecule has 5 aromatic rings. The zero-order valence-corrected chi connectivity index (χ0v) is 20.8. The second kappa shape index (κ2) is 9.49. The van der Waals surface area contributed by atoms with Crippen molar-refractivity contribution in [3.05, 3.63) is 88.6 Å². The van der Waals surface area contributed by atoms with E-state index >= 15 is 0 Å². The van der Waals surface area contributed by atoms with Crippen LogP contribution in [0.3, 0.4) is 0 Å². The van der Waals surface area contributed by atoms with Gasteiger partial charge in [-0.1, -0.05) is 29.8 Å². The number of furan rings is 1. The van der Waals surface area contributed by atoms with E-state index in [1.54, 1.807) is 42.5 Å². The van der Waals surface area contributed by atoms with Crippen LogP contribution in [0.25, 0.3) is 33.9 Å². The predicted molar refractivity (Wildman–Crippen MR) is 143 cm³/mol. The van der Waals surface area contributed by atoms with Gasteiger partial charge in [0.05, 0.1) is 5.56 Å². The Bertz CT molecular complexity index is 1640. The maximum Gasteiger partial charge on any atom is 0.293 e. The Morgan fingerprint density at radius 2 is 1.86 bits per heavy atom. The van der Waals surface area contributed by atoms with E-state index in [-0.39, 0.29) is 16.6 Å². The number of phenolic OH excluding ortho intramolecular Hbond substituents is 1. The minimum absolute atomic E-state index is 0.0424. The minimum Gasteiger partial charge on any atom is -0.507 e. The van der Waals surface area contributed by atoms with E-state index in [0.717, 1.165) is 22.2 Å². The summed E-state index contributed by atoms with van der Waals surface area (Å²) >= 11 is 11.3. The Balaban J connectivity index is 1.27. The van der Waals surface area contributed by atoms with Crippen LogP contribution in [0, 0.1) is 13.8 Å². The van der Waals surface area contributed by atoms with Crippen molar-refractivity contribution in [2.75, 3.05) is 5.32 Å². The van der Waals surface area contributed by atoms with E-state index in [2.05, 4.69) is 15.6 Å². The molecule has 2 heterocycles. The van der Waals surface area contributed by atoms with Gasteiger partial charge in [-0.05, 0) is 79.7 Å². The molecule has 0 bridgehead atoms. The summed E-state index contributed by atoms with van der Waals surface area (Å²) in [5.41, 5.74) is 5.12. The van der Waals surface area contributed by atoms with E-state index < -0.39 is 5.91 Å². The number of phenols is 1. The Labute approximate surface area is 216 Å². The summed E-state index contributed by atoms with van der Waals surface area (Å²) < 4.78 is 11.5. The Hall–Kier alpha value is -4.14. The highest BCUT2D eigenvalue weighted by Gasteiger charge is 2.17. The van der Waals surface area contributed by atoms with Crippen molar-refractivity contribution in [3.63, 3.8) is 0 Å². The van der Waals surface area contributed by atoms with E-state index in [4.69, 9.17) is 32.7 Å². The van der Waals surface area contributed by atoms with Crippen molar-refractivity contribution in [2.45, 2.75) is 13.8 Å². The Morgan fingerprint density at radius 3 is 2.64 bits per heavy atom. The molecule has 9 heteroatoms. The van der Waals surface area contributed by atoms with E-state index in [1.807, 2.05) is 32.0 Å². The summed E-state index contributed by atoms with van der Waals surface area (Å²) in [5, 5.41) is 16.7. The fraction of sp³-hybridized carbons (Fsp3) is 0.0741.